The monoisotopic (exact) mass is 216 g/mol. The lowest BCUT2D eigenvalue weighted by molar-refractivity contribution is 0.378. The van der Waals surface area contributed by atoms with Crippen LogP contribution in [0.4, 0.5) is 0 Å². The summed E-state index contributed by atoms with van der Waals surface area (Å²) in [4.78, 5) is 0.859. The van der Waals surface area contributed by atoms with E-state index in [1.165, 1.54) is 44.9 Å². The lowest BCUT2D eigenvalue weighted by Crippen LogP contribution is -2.15. The second-order valence-corrected chi connectivity index (χ2v) is 5.33. The lowest BCUT2D eigenvalue weighted by Gasteiger charge is -2.20. The summed E-state index contributed by atoms with van der Waals surface area (Å²) in [5.41, 5.74) is 0. The van der Waals surface area contributed by atoms with Crippen molar-refractivity contribution >= 4 is 15.9 Å². The van der Waals surface area contributed by atoms with E-state index in [9.17, 15) is 0 Å². The van der Waals surface area contributed by atoms with Gasteiger partial charge in [0.15, 0.2) is 0 Å². The Morgan fingerprint density at radius 2 is 1.55 bits per heavy atom. The molecule has 64 valence electrons. The Kier molecular flexibility index (Phi) is 2.55. The molecule has 0 nitrogen and oxygen atoms in total. The average molecular weight is 217 g/mol. The minimum absolute atomic E-state index is 0.859. The first-order chi connectivity index (χ1) is 5.38. The van der Waals surface area contributed by atoms with Gasteiger partial charge in [-0.05, 0) is 24.7 Å². The maximum atomic E-state index is 3.85. The van der Waals surface area contributed by atoms with Gasteiger partial charge in [-0.1, -0.05) is 48.0 Å². The van der Waals surface area contributed by atoms with Crippen molar-refractivity contribution in [3.05, 3.63) is 0 Å². The smallest absolute Gasteiger partial charge is 0.0176 e. The molecule has 2 saturated carbocycles. The van der Waals surface area contributed by atoms with Crippen LogP contribution in [0.25, 0.3) is 0 Å². The molecule has 2 rings (SSSR count). The highest BCUT2D eigenvalue weighted by molar-refractivity contribution is 9.09. The van der Waals surface area contributed by atoms with Crippen LogP contribution in [-0.4, -0.2) is 4.83 Å². The van der Waals surface area contributed by atoms with E-state index >= 15 is 0 Å². The van der Waals surface area contributed by atoms with Gasteiger partial charge in [-0.2, -0.15) is 0 Å². The zero-order chi connectivity index (χ0) is 7.68. The van der Waals surface area contributed by atoms with Gasteiger partial charge in [0.25, 0.3) is 0 Å². The third-order valence-corrected chi connectivity index (χ3v) is 4.62. The fourth-order valence-electron chi connectivity index (χ4n) is 2.86. The van der Waals surface area contributed by atoms with Crippen LogP contribution < -0.4 is 0 Å². The molecular formula is C10H17Br. The molecule has 2 aliphatic carbocycles. The van der Waals surface area contributed by atoms with Crippen LogP contribution in [0.15, 0.2) is 0 Å². The van der Waals surface area contributed by atoms with E-state index in [1.807, 2.05) is 0 Å². The van der Waals surface area contributed by atoms with Crippen LogP contribution in [0.1, 0.15) is 44.9 Å². The summed E-state index contributed by atoms with van der Waals surface area (Å²) in [5, 5.41) is 0. The van der Waals surface area contributed by atoms with E-state index in [0.29, 0.717) is 0 Å². The Morgan fingerprint density at radius 1 is 0.818 bits per heavy atom. The Morgan fingerprint density at radius 3 is 2.45 bits per heavy atom. The molecule has 0 spiro atoms. The predicted molar refractivity (Wildman–Crippen MR) is 52.0 cm³/mol. The first-order valence-corrected chi connectivity index (χ1v) is 5.93. The lowest BCUT2D eigenvalue weighted by atomic mass is 9.92. The van der Waals surface area contributed by atoms with Gasteiger partial charge in [-0.3, -0.25) is 0 Å². The van der Waals surface area contributed by atoms with E-state index < -0.39 is 0 Å². The van der Waals surface area contributed by atoms with Gasteiger partial charge in [0.2, 0.25) is 0 Å². The maximum absolute atomic E-state index is 3.85. The first kappa shape index (κ1) is 8.10. The predicted octanol–water partition coefficient (Wildman–Crippen LogP) is 3.74. The van der Waals surface area contributed by atoms with E-state index in [-0.39, 0.29) is 0 Å². The van der Waals surface area contributed by atoms with Crippen LogP contribution >= 0.6 is 15.9 Å². The average Bonchev–Trinajstić information content (AvgIpc) is 2.40. The molecular weight excluding hydrogens is 200 g/mol. The quantitative estimate of drug-likeness (QED) is 0.542. The zero-order valence-corrected chi connectivity index (χ0v) is 8.65. The zero-order valence-electron chi connectivity index (χ0n) is 7.06. The molecule has 0 saturated heterocycles. The molecule has 3 unspecified atom stereocenters. The molecule has 3 atom stereocenters. The van der Waals surface area contributed by atoms with Crippen molar-refractivity contribution in [2.24, 2.45) is 11.8 Å². The fourth-order valence-corrected chi connectivity index (χ4v) is 3.88. The highest BCUT2D eigenvalue weighted by Crippen LogP contribution is 2.43. The Bertz CT molecular complexity index is 133. The third-order valence-electron chi connectivity index (χ3n) is 3.49. The maximum Gasteiger partial charge on any atom is 0.0176 e. The number of halogens is 1. The van der Waals surface area contributed by atoms with Crippen LogP contribution in [0, 0.1) is 11.8 Å². The molecule has 1 heteroatoms. The van der Waals surface area contributed by atoms with Crippen molar-refractivity contribution in [2.45, 2.75) is 49.8 Å². The van der Waals surface area contributed by atoms with E-state index in [0.717, 1.165) is 16.7 Å². The molecule has 11 heavy (non-hydrogen) atoms. The molecule has 0 aromatic heterocycles. The molecule has 0 radical (unpaired) electrons. The number of hydrogen-bond donors (Lipinski definition) is 0. The highest BCUT2D eigenvalue weighted by atomic mass is 79.9. The second kappa shape index (κ2) is 3.47. The van der Waals surface area contributed by atoms with Crippen molar-refractivity contribution in [1.29, 1.82) is 0 Å². The van der Waals surface area contributed by atoms with Gasteiger partial charge in [-0.15, -0.1) is 0 Å². The number of alkyl halides is 1. The number of hydrogen-bond acceptors (Lipinski definition) is 0. The molecule has 0 heterocycles. The topological polar surface area (TPSA) is 0 Å². The molecule has 0 amide bonds. The molecule has 0 bridgehead atoms. The van der Waals surface area contributed by atoms with Gasteiger partial charge in [0.1, 0.15) is 0 Å². The summed E-state index contributed by atoms with van der Waals surface area (Å²) >= 11 is 3.85. The first-order valence-electron chi connectivity index (χ1n) is 5.02. The minimum Gasteiger partial charge on any atom is -0.0888 e. The van der Waals surface area contributed by atoms with Gasteiger partial charge in [0, 0.05) is 4.83 Å². The Hall–Kier alpha value is 0.480. The van der Waals surface area contributed by atoms with Crippen molar-refractivity contribution in [3.63, 3.8) is 0 Å². The van der Waals surface area contributed by atoms with E-state index in [1.54, 1.807) is 0 Å². The standard InChI is InChI=1S/C10H17Br/c11-10-7-2-1-4-8-5-3-6-9(8)10/h8-10H,1-7H2. The van der Waals surface area contributed by atoms with Crippen LogP contribution in [0.2, 0.25) is 0 Å². The summed E-state index contributed by atoms with van der Waals surface area (Å²) in [6.45, 7) is 0. The Labute approximate surface area is 77.9 Å². The molecule has 2 fully saturated rings. The molecule has 0 N–H and O–H groups in total. The largest absolute Gasteiger partial charge is 0.0888 e. The molecule has 0 aromatic rings. The fraction of sp³-hybridized carbons (Fsp3) is 1.00. The van der Waals surface area contributed by atoms with Crippen LogP contribution in [-0.2, 0) is 0 Å². The summed E-state index contributed by atoms with van der Waals surface area (Å²) in [6.07, 6.45) is 10.4. The third kappa shape index (κ3) is 1.63. The summed E-state index contributed by atoms with van der Waals surface area (Å²) in [6, 6.07) is 0. The Balaban J connectivity index is 2.03. The highest BCUT2D eigenvalue weighted by Gasteiger charge is 2.33. The minimum atomic E-state index is 0.859. The molecule has 0 aliphatic heterocycles. The SMILES string of the molecule is BrC1CCCCC2CCCC12. The van der Waals surface area contributed by atoms with Crippen LogP contribution in [0.5, 0.6) is 0 Å². The summed E-state index contributed by atoms with van der Waals surface area (Å²) in [5.74, 6) is 2.12. The second-order valence-electron chi connectivity index (χ2n) is 4.16. The summed E-state index contributed by atoms with van der Waals surface area (Å²) < 4.78 is 0. The van der Waals surface area contributed by atoms with Gasteiger partial charge in [0.05, 0.1) is 0 Å². The van der Waals surface area contributed by atoms with Crippen LogP contribution in [0.3, 0.4) is 0 Å². The number of fused-ring (bicyclic) bond motifs is 1. The summed E-state index contributed by atoms with van der Waals surface area (Å²) in [7, 11) is 0. The molecule has 0 aromatic carbocycles. The molecule has 2 aliphatic rings. The normalized spacial score (nSPS) is 45.0. The van der Waals surface area contributed by atoms with Gasteiger partial charge in [-0.25, -0.2) is 0 Å². The van der Waals surface area contributed by atoms with E-state index in [2.05, 4.69) is 15.9 Å². The van der Waals surface area contributed by atoms with Crippen molar-refractivity contribution < 1.29 is 0 Å². The van der Waals surface area contributed by atoms with Crippen molar-refractivity contribution in [1.82, 2.24) is 0 Å². The van der Waals surface area contributed by atoms with Gasteiger partial charge >= 0.3 is 0 Å². The number of rotatable bonds is 0. The van der Waals surface area contributed by atoms with Crippen molar-refractivity contribution in [3.8, 4) is 0 Å². The van der Waals surface area contributed by atoms with Crippen molar-refractivity contribution in [2.75, 3.05) is 0 Å². The van der Waals surface area contributed by atoms with Gasteiger partial charge < -0.3 is 0 Å². The van der Waals surface area contributed by atoms with E-state index in [4.69, 9.17) is 0 Å².